The van der Waals surface area contributed by atoms with Gasteiger partial charge < -0.3 is 19.6 Å². The lowest BCUT2D eigenvalue weighted by molar-refractivity contribution is 0.123. The highest BCUT2D eigenvalue weighted by Gasteiger charge is 2.20. The highest BCUT2D eigenvalue weighted by molar-refractivity contribution is 5.91. The zero-order valence-electron chi connectivity index (χ0n) is 17.9. The van der Waals surface area contributed by atoms with E-state index in [4.69, 9.17) is 9.72 Å². The number of likely N-dealkylation sites (N-methyl/N-ethyl adjacent to an activating group) is 1. The molecule has 3 aromatic rings. The molecule has 1 fully saturated rings. The van der Waals surface area contributed by atoms with E-state index in [1.165, 1.54) is 0 Å². The molecular weight excluding hydrogens is 435 g/mol. The summed E-state index contributed by atoms with van der Waals surface area (Å²) in [5.41, 5.74) is 2.92. The van der Waals surface area contributed by atoms with E-state index >= 15 is 0 Å². The third-order valence-corrected chi connectivity index (χ3v) is 5.33. The number of rotatable bonds is 6. The number of halogens is 2. The van der Waals surface area contributed by atoms with Crippen LogP contribution in [0, 0.1) is 0 Å². The number of benzene rings is 1. The maximum absolute atomic E-state index is 9.38. The Kier molecular flexibility index (Phi) is 9.32. The Morgan fingerprint density at radius 1 is 1.06 bits per heavy atom. The topological polar surface area (TPSA) is 61.7 Å². The number of aliphatic hydroxyl groups excluding tert-OH is 1. The number of pyridine rings is 2. The Morgan fingerprint density at radius 2 is 1.77 bits per heavy atom. The van der Waals surface area contributed by atoms with Crippen LogP contribution in [-0.4, -0.2) is 65.4 Å². The first-order valence-electron chi connectivity index (χ1n) is 10.3. The Hall–Kier alpha value is -2.12. The Balaban J connectivity index is 0.00000171. The van der Waals surface area contributed by atoms with E-state index in [1.54, 1.807) is 6.92 Å². The summed E-state index contributed by atoms with van der Waals surface area (Å²) in [6, 6.07) is 14.0. The van der Waals surface area contributed by atoms with Crippen LogP contribution in [0.2, 0.25) is 0 Å². The lowest BCUT2D eigenvalue weighted by Crippen LogP contribution is -2.46. The highest BCUT2D eigenvalue weighted by atomic mass is 35.5. The van der Waals surface area contributed by atoms with E-state index in [1.807, 2.05) is 36.5 Å². The van der Waals surface area contributed by atoms with Crippen molar-refractivity contribution in [3.8, 4) is 17.0 Å². The van der Waals surface area contributed by atoms with E-state index in [-0.39, 0.29) is 31.4 Å². The minimum Gasteiger partial charge on any atom is -0.491 e. The van der Waals surface area contributed by atoms with E-state index in [9.17, 15) is 5.11 Å². The maximum Gasteiger partial charge on any atom is 0.155 e. The zero-order valence-corrected chi connectivity index (χ0v) is 19.5. The van der Waals surface area contributed by atoms with E-state index < -0.39 is 6.10 Å². The molecule has 0 bridgehead atoms. The number of nitrogens with zero attached hydrogens (tertiary/aromatic N) is 4. The normalized spacial score (nSPS) is 15.1. The van der Waals surface area contributed by atoms with Crippen molar-refractivity contribution < 1.29 is 9.84 Å². The summed E-state index contributed by atoms with van der Waals surface area (Å²) in [5, 5.41) is 10.5. The summed E-state index contributed by atoms with van der Waals surface area (Å²) < 4.78 is 5.57. The van der Waals surface area contributed by atoms with Crippen molar-refractivity contribution in [1.82, 2.24) is 14.9 Å². The van der Waals surface area contributed by atoms with Gasteiger partial charge in [-0.05, 0) is 49.9 Å². The quantitative estimate of drug-likeness (QED) is 0.593. The van der Waals surface area contributed by atoms with Crippen LogP contribution in [0.1, 0.15) is 13.8 Å². The molecule has 1 aliphatic rings. The molecule has 0 amide bonds. The second-order valence-electron chi connectivity index (χ2n) is 7.51. The standard InChI is InChI=1S/C23H28N4O2.2ClH/c1-3-26-11-13-27(14-12-26)23-22-19(5-4-10-24-22)15-21(25-23)18-6-8-20(9-7-18)29-16-17(2)28;;/h4-10,15,17,28H,3,11-14,16H2,1-2H3;2*1H. The van der Waals surface area contributed by atoms with E-state index in [2.05, 4.69) is 33.8 Å². The van der Waals surface area contributed by atoms with Crippen LogP contribution in [0.5, 0.6) is 5.75 Å². The zero-order chi connectivity index (χ0) is 20.2. The van der Waals surface area contributed by atoms with Crippen molar-refractivity contribution in [3.63, 3.8) is 0 Å². The second-order valence-corrected chi connectivity index (χ2v) is 7.51. The van der Waals surface area contributed by atoms with Crippen LogP contribution in [0.4, 0.5) is 5.82 Å². The van der Waals surface area contributed by atoms with Gasteiger partial charge in [-0.15, -0.1) is 24.8 Å². The van der Waals surface area contributed by atoms with Crippen molar-refractivity contribution in [1.29, 1.82) is 0 Å². The molecule has 0 spiro atoms. The Bertz CT molecular complexity index is 961. The fourth-order valence-corrected chi connectivity index (χ4v) is 3.65. The molecule has 6 nitrogen and oxygen atoms in total. The smallest absolute Gasteiger partial charge is 0.155 e. The summed E-state index contributed by atoms with van der Waals surface area (Å²) in [4.78, 5) is 14.5. The number of ether oxygens (including phenoxy) is 1. The van der Waals surface area contributed by atoms with Gasteiger partial charge in [0.1, 0.15) is 17.9 Å². The molecule has 31 heavy (non-hydrogen) atoms. The first kappa shape index (κ1) is 25.1. The molecule has 0 saturated carbocycles. The lowest BCUT2D eigenvalue weighted by Gasteiger charge is -2.35. The summed E-state index contributed by atoms with van der Waals surface area (Å²) in [6.07, 6.45) is 1.35. The molecule has 2 aromatic heterocycles. The minimum absolute atomic E-state index is 0. The number of fused-ring (bicyclic) bond motifs is 1. The fraction of sp³-hybridized carbons (Fsp3) is 0.391. The van der Waals surface area contributed by atoms with Crippen LogP contribution >= 0.6 is 24.8 Å². The van der Waals surface area contributed by atoms with Gasteiger partial charge in [-0.2, -0.15) is 0 Å². The second kappa shape index (κ2) is 11.5. The summed E-state index contributed by atoms with van der Waals surface area (Å²) >= 11 is 0. The van der Waals surface area contributed by atoms with Crippen molar-refractivity contribution in [3.05, 3.63) is 48.7 Å². The molecule has 1 saturated heterocycles. The van der Waals surface area contributed by atoms with Crippen LogP contribution in [0.3, 0.4) is 0 Å². The predicted molar refractivity (Wildman–Crippen MR) is 131 cm³/mol. The molecule has 3 heterocycles. The molecule has 1 aliphatic heterocycles. The number of hydrogen-bond donors (Lipinski definition) is 1. The van der Waals surface area contributed by atoms with E-state index in [0.29, 0.717) is 0 Å². The van der Waals surface area contributed by atoms with E-state index in [0.717, 1.165) is 66.5 Å². The van der Waals surface area contributed by atoms with Gasteiger partial charge in [-0.3, -0.25) is 4.98 Å². The summed E-state index contributed by atoms with van der Waals surface area (Å²) in [7, 11) is 0. The van der Waals surface area contributed by atoms with Gasteiger partial charge in [0.2, 0.25) is 0 Å². The number of piperazine rings is 1. The van der Waals surface area contributed by atoms with Crippen molar-refractivity contribution in [2.45, 2.75) is 20.0 Å². The van der Waals surface area contributed by atoms with Crippen LogP contribution in [0.15, 0.2) is 48.7 Å². The highest BCUT2D eigenvalue weighted by Crippen LogP contribution is 2.30. The van der Waals surface area contributed by atoms with Gasteiger partial charge in [0.15, 0.2) is 5.82 Å². The Morgan fingerprint density at radius 3 is 2.42 bits per heavy atom. The first-order valence-corrected chi connectivity index (χ1v) is 10.3. The first-order chi connectivity index (χ1) is 14.1. The molecule has 0 radical (unpaired) electrons. The molecule has 8 heteroatoms. The third kappa shape index (κ3) is 5.98. The molecule has 1 N–H and O–H groups in total. The SMILES string of the molecule is CCN1CCN(c2nc(-c3ccc(OCC(C)O)cc3)cc3cccnc23)CC1.Cl.Cl. The molecule has 1 unspecified atom stereocenters. The molecule has 4 rings (SSSR count). The minimum atomic E-state index is -0.486. The van der Waals surface area contributed by atoms with Gasteiger partial charge in [0.25, 0.3) is 0 Å². The monoisotopic (exact) mass is 464 g/mol. The van der Waals surface area contributed by atoms with Gasteiger partial charge in [-0.25, -0.2) is 4.98 Å². The van der Waals surface area contributed by atoms with Crippen molar-refractivity contribution in [2.75, 3.05) is 44.2 Å². The summed E-state index contributed by atoms with van der Waals surface area (Å²) in [5.74, 6) is 1.70. The van der Waals surface area contributed by atoms with Crippen LogP contribution in [-0.2, 0) is 0 Å². The average molecular weight is 465 g/mol. The summed E-state index contributed by atoms with van der Waals surface area (Å²) in [6.45, 7) is 9.31. The largest absolute Gasteiger partial charge is 0.491 e. The van der Waals surface area contributed by atoms with Gasteiger partial charge >= 0.3 is 0 Å². The molecule has 1 atom stereocenters. The molecule has 0 aliphatic carbocycles. The van der Waals surface area contributed by atoms with Gasteiger partial charge in [0, 0.05) is 43.3 Å². The number of aromatic nitrogens is 2. The third-order valence-electron chi connectivity index (χ3n) is 5.33. The van der Waals surface area contributed by atoms with Gasteiger partial charge in [-0.1, -0.05) is 13.0 Å². The Labute approximate surface area is 196 Å². The fourth-order valence-electron chi connectivity index (χ4n) is 3.65. The average Bonchev–Trinajstić information content (AvgIpc) is 2.77. The van der Waals surface area contributed by atoms with Crippen LogP contribution < -0.4 is 9.64 Å². The molecule has 168 valence electrons. The molecular formula is C23H30Cl2N4O2. The molecule has 1 aromatic carbocycles. The van der Waals surface area contributed by atoms with Crippen molar-refractivity contribution >= 4 is 41.5 Å². The van der Waals surface area contributed by atoms with Gasteiger partial charge in [0.05, 0.1) is 11.8 Å². The number of hydrogen-bond acceptors (Lipinski definition) is 6. The lowest BCUT2D eigenvalue weighted by atomic mass is 10.1. The van der Waals surface area contributed by atoms with Crippen LogP contribution in [0.25, 0.3) is 22.2 Å². The predicted octanol–water partition coefficient (Wildman–Crippen LogP) is 4.04. The number of anilines is 1. The van der Waals surface area contributed by atoms with Crippen molar-refractivity contribution in [2.24, 2.45) is 0 Å². The maximum atomic E-state index is 9.38. The number of aliphatic hydroxyl groups is 1.